The molecule has 1 rings (SSSR count). The van der Waals surface area contributed by atoms with Crippen molar-refractivity contribution < 1.29 is 9.50 Å². The molecule has 0 radical (unpaired) electrons. The van der Waals surface area contributed by atoms with Crippen LogP contribution in [0.4, 0.5) is 4.39 Å². The van der Waals surface area contributed by atoms with Crippen LogP contribution in [0, 0.1) is 11.2 Å². The van der Waals surface area contributed by atoms with Gasteiger partial charge in [-0.2, -0.15) is 0 Å². The molecule has 1 aromatic rings. The molecular weight excluding hydrogens is 229 g/mol. The minimum atomic E-state index is -0.436. The zero-order valence-electron chi connectivity index (χ0n) is 9.34. The average molecular weight is 246 g/mol. The second-order valence-electron chi connectivity index (χ2n) is 4.13. The van der Waals surface area contributed by atoms with Crippen molar-refractivity contribution >= 4 is 11.6 Å². The molecule has 0 saturated heterocycles. The molecule has 0 amide bonds. The summed E-state index contributed by atoms with van der Waals surface area (Å²) >= 11 is 5.68. The summed E-state index contributed by atoms with van der Waals surface area (Å²) in [6, 6.07) is 4.58. The van der Waals surface area contributed by atoms with Gasteiger partial charge in [0.1, 0.15) is 5.82 Å². The maximum atomic E-state index is 13.6. The molecule has 0 aromatic heterocycles. The molecule has 1 unspecified atom stereocenters. The Bertz CT molecular complexity index is 345. The number of nitrogens with two attached hydrogens (primary N) is 1. The van der Waals surface area contributed by atoms with E-state index in [0.29, 0.717) is 30.0 Å². The predicted molar refractivity (Wildman–Crippen MR) is 64.0 cm³/mol. The Hall–Kier alpha value is -0.640. The molecule has 16 heavy (non-hydrogen) atoms. The Morgan fingerprint density at radius 3 is 2.62 bits per heavy atom. The second-order valence-corrected chi connectivity index (χ2v) is 4.56. The van der Waals surface area contributed by atoms with Crippen LogP contribution in [0.25, 0.3) is 0 Å². The molecule has 0 aliphatic carbocycles. The Balaban J connectivity index is 2.93. The van der Waals surface area contributed by atoms with Gasteiger partial charge in [-0.1, -0.05) is 24.6 Å². The average Bonchev–Trinajstić information content (AvgIpc) is 2.29. The number of aliphatic hydroxyl groups excluding tert-OH is 1. The number of benzene rings is 1. The van der Waals surface area contributed by atoms with Gasteiger partial charge in [-0.3, -0.25) is 0 Å². The van der Waals surface area contributed by atoms with E-state index < -0.39 is 5.41 Å². The van der Waals surface area contributed by atoms with Gasteiger partial charge in [-0.25, -0.2) is 4.39 Å². The summed E-state index contributed by atoms with van der Waals surface area (Å²) in [5, 5.41) is 9.73. The molecule has 0 aliphatic heterocycles. The van der Waals surface area contributed by atoms with Gasteiger partial charge in [0.15, 0.2) is 0 Å². The number of hydrogen-bond donors (Lipinski definition) is 2. The van der Waals surface area contributed by atoms with Crippen LogP contribution in [0.15, 0.2) is 18.2 Å². The van der Waals surface area contributed by atoms with Crippen LogP contribution < -0.4 is 5.73 Å². The molecular formula is C12H17ClFNO. The van der Waals surface area contributed by atoms with Gasteiger partial charge in [0.2, 0.25) is 0 Å². The molecule has 2 nitrogen and oxygen atoms in total. The molecule has 0 bridgehead atoms. The van der Waals surface area contributed by atoms with Crippen molar-refractivity contribution in [3.63, 3.8) is 0 Å². The molecule has 0 heterocycles. The molecule has 1 atom stereocenters. The zero-order chi connectivity index (χ0) is 12.2. The topological polar surface area (TPSA) is 46.2 Å². The van der Waals surface area contributed by atoms with Crippen LogP contribution in [0.3, 0.4) is 0 Å². The Morgan fingerprint density at radius 2 is 2.19 bits per heavy atom. The van der Waals surface area contributed by atoms with Gasteiger partial charge in [-0.15, -0.1) is 0 Å². The van der Waals surface area contributed by atoms with Crippen molar-refractivity contribution in [3.8, 4) is 0 Å². The van der Waals surface area contributed by atoms with Crippen molar-refractivity contribution in [2.24, 2.45) is 11.1 Å². The van der Waals surface area contributed by atoms with Gasteiger partial charge in [0, 0.05) is 17.0 Å². The van der Waals surface area contributed by atoms with Crippen LogP contribution in [-0.2, 0) is 6.42 Å². The SMILES string of the molecule is CCC(CN)(CO)Cc1ccc(Cl)cc1F. The fourth-order valence-electron chi connectivity index (χ4n) is 1.64. The smallest absolute Gasteiger partial charge is 0.127 e. The minimum absolute atomic E-state index is 0.0396. The van der Waals surface area contributed by atoms with Crippen LogP contribution in [-0.4, -0.2) is 18.3 Å². The first-order chi connectivity index (χ1) is 7.56. The number of hydrogen-bond acceptors (Lipinski definition) is 2. The molecule has 3 N–H and O–H groups in total. The first-order valence-electron chi connectivity index (χ1n) is 5.32. The van der Waals surface area contributed by atoms with E-state index in [4.69, 9.17) is 17.3 Å². The number of aliphatic hydroxyl groups is 1. The highest BCUT2D eigenvalue weighted by molar-refractivity contribution is 6.30. The van der Waals surface area contributed by atoms with E-state index in [-0.39, 0.29) is 12.4 Å². The highest BCUT2D eigenvalue weighted by Crippen LogP contribution is 2.27. The van der Waals surface area contributed by atoms with Gasteiger partial charge >= 0.3 is 0 Å². The maximum Gasteiger partial charge on any atom is 0.127 e. The first kappa shape index (κ1) is 13.4. The van der Waals surface area contributed by atoms with E-state index in [9.17, 15) is 9.50 Å². The zero-order valence-corrected chi connectivity index (χ0v) is 10.1. The molecule has 0 saturated carbocycles. The van der Waals surface area contributed by atoms with Crippen molar-refractivity contribution in [2.45, 2.75) is 19.8 Å². The fourth-order valence-corrected chi connectivity index (χ4v) is 1.80. The lowest BCUT2D eigenvalue weighted by Gasteiger charge is -2.29. The van der Waals surface area contributed by atoms with E-state index >= 15 is 0 Å². The summed E-state index contributed by atoms with van der Waals surface area (Å²) in [6.45, 7) is 2.24. The van der Waals surface area contributed by atoms with E-state index in [1.165, 1.54) is 6.07 Å². The van der Waals surface area contributed by atoms with Crippen LogP contribution in [0.2, 0.25) is 5.02 Å². The quantitative estimate of drug-likeness (QED) is 0.837. The lowest BCUT2D eigenvalue weighted by Crippen LogP contribution is -2.36. The highest BCUT2D eigenvalue weighted by atomic mass is 35.5. The largest absolute Gasteiger partial charge is 0.396 e. The van der Waals surface area contributed by atoms with Gasteiger partial charge in [0.05, 0.1) is 6.61 Å². The molecule has 0 fully saturated rings. The van der Waals surface area contributed by atoms with E-state index in [0.717, 1.165) is 0 Å². The third-order valence-corrected chi connectivity index (χ3v) is 3.33. The van der Waals surface area contributed by atoms with E-state index in [2.05, 4.69) is 0 Å². The van der Waals surface area contributed by atoms with Gasteiger partial charge in [-0.05, 0) is 30.5 Å². The summed E-state index contributed by atoms with van der Waals surface area (Å²) in [5.74, 6) is -0.341. The summed E-state index contributed by atoms with van der Waals surface area (Å²) in [6.07, 6.45) is 1.14. The third-order valence-electron chi connectivity index (χ3n) is 3.10. The molecule has 0 spiro atoms. The lowest BCUT2D eigenvalue weighted by molar-refractivity contribution is 0.126. The summed E-state index contributed by atoms with van der Waals surface area (Å²) in [7, 11) is 0. The number of halogens is 2. The fraction of sp³-hybridized carbons (Fsp3) is 0.500. The summed E-state index contributed by atoms with van der Waals surface area (Å²) < 4.78 is 13.6. The normalized spacial score (nSPS) is 14.8. The monoisotopic (exact) mass is 245 g/mol. The van der Waals surface area contributed by atoms with E-state index in [1.807, 2.05) is 6.92 Å². The summed E-state index contributed by atoms with van der Waals surface area (Å²) in [4.78, 5) is 0. The predicted octanol–water partition coefficient (Wildman–Crippen LogP) is 2.37. The Labute approximate surface area is 100 Å². The first-order valence-corrected chi connectivity index (χ1v) is 5.69. The van der Waals surface area contributed by atoms with Crippen molar-refractivity contribution in [2.75, 3.05) is 13.2 Å². The van der Waals surface area contributed by atoms with Crippen LogP contribution >= 0.6 is 11.6 Å². The minimum Gasteiger partial charge on any atom is -0.396 e. The molecule has 0 aliphatic rings. The highest BCUT2D eigenvalue weighted by Gasteiger charge is 2.27. The Morgan fingerprint density at radius 1 is 1.50 bits per heavy atom. The van der Waals surface area contributed by atoms with Crippen molar-refractivity contribution in [1.29, 1.82) is 0 Å². The van der Waals surface area contributed by atoms with E-state index in [1.54, 1.807) is 12.1 Å². The van der Waals surface area contributed by atoms with Crippen molar-refractivity contribution in [1.82, 2.24) is 0 Å². The maximum absolute atomic E-state index is 13.6. The lowest BCUT2D eigenvalue weighted by atomic mass is 9.80. The molecule has 4 heteroatoms. The third kappa shape index (κ3) is 2.94. The Kier molecular flexibility index (Phi) is 4.71. The summed E-state index contributed by atoms with van der Waals surface area (Å²) in [5.41, 5.74) is 5.76. The molecule has 1 aromatic carbocycles. The van der Waals surface area contributed by atoms with Crippen molar-refractivity contribution in [3.05, 3.63) is 34.6 Å². The van der Waals surface area contributed by atoms with Crippen LogP contribution in [0.5, 0.6) is 0 Å². The van der Waals surface area contributed by atoms with Gasteiger partial charge in [0.25, 0.3) is 0 Å². The van der Waals surface area contributed by atoms with Gasteiger partial charge < -0.3 is 10.8 Å². The number of rotatable bonds is 5. The standard InChI is InChI=1S/C12H17ClFNO/c1-2-12(7-15,8-16)6-9-3-4-10(13)5-11(9)14/h3-5,16H,2,6-8,15H2,1H3. The van der Waals surface area contributed by atoms with Crippen LogP contribution in [0.1, 0.15) is 18.9 Å². The second kappa shape index (κ2) is 5.62. The molecule has 90 valence electrons.